The molecule has 0 aliphatic carbocycles. The van der Waals surface area contributed by atoms with Crippen molar-refractivity contribution in [3.8, 4) is 0 Å². The van der Waals surface area contributed by atoms with Crippen molar-refractivity contribution in [2.75, 3.05) is 31.2 Å². The largest absolute Gasteiger partial charge is 0.313 e. The zero-order valence-corrected chi connectivity index (χ0v) is 13.8. The van der Waals surface area contributed by atoms with E-state index in [-0.39, 0.29) is 5.56 Å². The minimum absolute atomic E-state index is 0.0518. The third kappa shape index (κ3) is 2.48. The van der Waals surface area contributed by atoms with Crippen molar-refractivity contribution < 1.29 is 0 Å². The summed E-state index contributed by atoms with van der Waals surface area (Å²) in [6.45, 7) is 7.43. The van der Waals surface area contributed by atoms with E-state index in [2.05, 4.69) is 17.2 Å². The van der Waals surface area contributed by atoms with Crippen molar-refractivity contribution in [2.24, 2.45) is 0 Å². The molecule has 0 atom stereocenters. The fourth-order valence-corrected chi connectivity index (χ4v) is 3.23. The SMILES string of the molecule is CCc1ccc(Cl)c2c(=O)n(N3CCNCC3)c(CC)nc12. The number of hydrogen-bond donors (Lipinski definition) is 1. The Hall–Kier alpha value is -1.59. The second kappa shape index (κ2) is 6.26. The Morgan fingerprint density at radius 2 is 1.95 bits per heavy atom. The number of halogens is 1. The van der Waals surface area contributed by atoms with Crippen molar-refractivity contribution in [2.45, 2.75) is 26.7 Å². The van der Waals surface area contributed by atoms with Crippen LogP contribution in [0.15, 0.2) is 16.9 Å². The van der Waals surface area contributed by atoms with Gasteiger partial charge in [0.05, 0.1) is 15.9 Å². The molecule has 118 valence electrons. The number of rotatable bonds is 3. The van der Waals surface area contributed by atoms with Crippen LogP contribution in [0.3, 0.4) is 0 Å². The van der Waals surface area contributed by atoms with Gasteiger partial charge in [-0.3, -0.25) is 4.79 Å². The molecule has 2 heterocycles. The first-order valence-electron chi connectivity index (χ1n) is 7.86. The molecule has 0 saturated carbocycles. The van der Waals surface area contributed by atoms with Gasteiger partial charge in [0.2, 0.25) is 0 Å². The molecule has 0 spiro atoms. The van der Waals surface area contributed by atoms with Crippen LogP contribution in [0, 0.1) is 0 Å². The van der Waals surface area contributed by atoms with E-state index in [0.29, 0.717) is 16.8 Å². The molecule has 2 aromatic rings. The molecule has 0 amide bonds. The molecule has 0 unspecified atom stereocenters. The van der Waals surface area contributed by atoms with E-state index in [4.69, 9.17) is 16.6 Å². The van der Waals surface area contributed by atoms with Gasteiger partial charge >= 0.3 is 0 Å². The fourth-order valence-electron chi connectivity index (χ4n) is 3.00. The third-order valence-corrected chi connectivity index (χ3v) is 4.49. The number of hydrogen-bond acceptors (Lipinski definition) is 4. The summed E-state index contributed by atoms with van der Waals surface area (Å²) in [6, 6.07) is 3.77. The van der Waals surface area contributed by atoms with Crippen LogP contribution in [-0.2, 0) is 12.8 Å². The average molecular weight is 321 g/mol. The molecule has 1 aliphatic heterocycles. The first-order valence-corrected chi connectivity index (χ1v) is 8.24. The van der Waals surface area contributed by atoms with E-state index < -0.39 is 0 Å². The summed E-state index contributed by atoms with van der Waals surface area (Å²) in [5.41, 5.74) is 1.77. The third-order valence-electron chi connectivity index (χ3n) is 4.18. The minimum atomic E-state index is -0.0518. The highest BCUT2D eigenvalue weighted by atomic mass is 35.5. The van der Waals surface area contributed by atoms with Crippen molar-refractivity contribution in [3.63, 3.8) is 0 Å². The average Bonchev–Trinajstić information content (AvgIpc) is 2.55. The molecule has 1 aromatic heterocycles. The van der Waals surface area contributed by atoms with Gasteiger partial charge < -0.3 is 10.3 Å². The predicted octanol–water partition coefficient (Wildman–Crippen LogP) is 1.72. The Morgan fingerprint density at radius 3 is 2.59 bits per heavy atom. The maximum absolute atomic E-state index is 13.1. The lowest BCUT2D eigenvalue weighted by molar-refractivity contribution is 0.468. The topological polar surface area (TPSA) is 50.2 Å². The highest BCUT2D eigenvalue weighted by Gasteiger charge is 2.20. The first kappa shape index (κ1) is 15.3. The summed E-state index contributed by atoms with van der Waals surface area (Å²) in [4.78, 5) is 17.9. The molecule has 0 bridgehead atoms. The molecule has 3 rings (SSSR count). The van der Waals surface area contributed by atoms with Gasteiger partial charge in [-0.1, -0.05) is 31.5 Å². The summed E-state index contributed by atoms with van der Waals surface area (Å²) in [7, 11) is 0. The quantitative estimate of drug-likeness (QED) is 0.935. The van der Waals surface area contributed by atoms with Crippen LogP contribution in [0.25, 0.3) is 10.9 Å². The Labute approximate surface area is 134 Å². The van der Waals surface area contributed by atoms with Crippen LogP contribution < -0.4 is 15.9 Å². The van der Waals surface area contributed by atoms with Crippen LogP contribution >= 0.6 is 11.6 Å². The number of fused-ring (bicyclic) bond motifs is 1. The van der Waals surface area contributed by atoms with Gasteiger partial charge in [0.1, 0.15) is 5.82 Å². The van der Waals surface area contributed by atoms with Crippen LogP contribution in [0.5, 0.6) is 0 Å². The van der Waals surface area contributed by atoms with Gasteiger partial charge in [0, 0.05) is 32.6 Å². The predicted molar refractivity (Wildman–Crippen MR) is 90.6 cm³/mol. The molecule has 1 N–H and O–H groups in total. The van der Waals surface area contributed by atoms with E-state index >= 15 is 0 Å². The number of nitrogens with one attached hydrogen (secondary N) is 1. The summed E-state index contributed by atoms with van der Waals surface area (Å²) >= 11 is 6.31. The Morgan fingerprint density at radius 1 is 1.23 bits per heavy atom. The van der Waals surface area contributed by atoms with Gasteiger partial charge in [0.25, 0.3) is 5.56 Å². The molecule has 5 nitrogen and oxygen atoms in total. The first-order chi connectivity index (χ1) is 10.7. The molecule has 1 fully saturated rings. The lowest BCUT2D eigenvalue weighted by Crippen LogP contribution is -2.53. The van der Waals surface area contributed by atoms with E-state index in [9.17, 15) is 4.79 Å². The lowest BCUT2D eigenvalue weighted by Gasteiger charge is -2.32. The zero-order valence-electron chi connectivity index (χ0n) is 13.0. The smallest absolute Gasteiger partial charge is 0.281 e. The van der Waals surface area contributed by atoms with Crippen LogP contribution in [0.2, 0.25) is 5.02 Å². The Bertz CT molecular complexity index is 750. The number of nitrogens with zero attached hydrogens (tertiary/aromatic N) is 3. The fraction of sp³-hybridized carbons (Fsp3) is 0.500. The number of aromatic nitrogens is 2. The molecule has 22 heavy (non-hydrogen) atoms. The van der Waals surface area contributed by atoms with Crippen molar-refractivity contribution in [1.82, 2.24) is 15.0 Å². The van der Waals surface area contributed by atoms with Gasteiger partial charge in [0.15, 0.2) is 0 Å². The standard InChI is InChI=1S/C16H21ClN4O/c1-3-11-5-6-12(17)14-15(11)19-13(4-2)21(16(14)22)20-9-7-18-8-10-20/h5-6,18H,3-4,7-10H2,1-2H3. The van der Waals surface area contributed by atoms with E-state index in [1.807, 2.05) is 13.0 Å². The normalized spacial score (nSPS) is 15.5. The molecule has 1 aliphatic rings. The second-order valence-corrected chi connectivity index (χ2v) is 5.89. The summed E-state index contributed by atoms with van der Waals surface area (Å²) in [5, 5.41) is 6.39. The Kier molecular flexibility index (Phi) is 4.36. The monoisotopic (exact) mass is 320 g/mol. The number of piperazine rings is 1. The van der Waals surface area contributed by atoms with Gasteiger partial charge in [-0.25, -0.2) is 9.66 Å². The summed E-state index contributed by atoms with van der Waals surface area (Å²) < 4.78 is 1.73. The number of aryl methyl sites for hydroxylation is 2. The van der Waals surface area contributed by atoms with Crippen LogP contribution in [0.4, 0.5) is 0 Å². The van der Waals surface area contributed by atoms with E-state index in [1.165, 1.54) is 0 Å². The van der Waals surface area contributed by atoms with Crippen molar-refractivity contribution in [1.29, 1.82) is 0 Å². The van der Waals surface area contributed by atoms with Gasteiger partial charge in [-0.05, 0) is 18.1 Å². The van der Waals surface area contributed by atoms with Crippen molar-refractivity contribution >= 4 is 22.5 Å². The number of benzene rings is 1. The van der Waals surface area contributed by atoms with E-state index in [1.54, 1.807) is 10.7 Å². The molecule has 1 saturated heterocycles. The lowest BCUT2D eigenvalue weighted by atomic mass is 10.1. The maximum Gasteiger partial charge on any atom is 0.281 e. The van der Waals surface area contributed by atoms with Gasteiger partial charge in [-0.15, -0.1) is 0 Å². The van der Waals surface area contributed by atoms with E-state index in [0.717, 1.165) is 49.5 Å². The molecule has 1 aromatic carbocycles. The maximum atomic E-state index is 13.1. The molecular formula is C16H21ClN4O. The molecular weight excluding hydrogens is 300 g/mol. The van der Waals surface area contributed by atoms with Crippen LogP contribution in [-0.4, -0.2) is 35.8 Å². The second-order valence-electron chi connectivity index (χ2n) is 5.49. The zero-order chi connectivity index (χ0) is 15.7. The van der Waals surface area contributed by atoms with Gasteiger partial charge in [-0.2, -0.15) is 0 Å². The molecule has 0 radical (unpaired) electrons. The Balaban J connectivity index is 2.30. The molecule has 6 heteroatoms. The minimum Gasteiger partial charge on any atom is -0.313 e. The highest BCUT2D eigenvalue weighted by molar-refractivity contribution is 6.35. The van der Waals surface area contributed by atoms with Crippen LogP contribution in [0.1, 0.15) is 25.2 Å². The van der Waals surface area contributed by atoms with Crippen molar-refractivity contribution in [3.05, 3.63) is 38.9 Å². The highest BCUT2D eigenvalue weighted by Crippen LogP contribution is 2.23. The summed E-state index contributed by atoms with van der Waals surface area (Å²) in [5.74, 6) is 0.802. The summed E-state index contributed by atoms with van der Waals surface area (Å²) in [6.07, 6.45) is 1.55.